The Labute approximate surface area is 139 Å². The zero-order valence-corrected chi connectivity index (χ0v) is 14.1. The summed E-state index contributed by atoms with van der Waals surface area (Å²) in [5.41, 5.74) is 7.88. The van der Waals surface area contributed by atoms with Gasteiger partial charge in [-0.15, -0.1) is 0 Å². The summed E-state index contributed by atoms with van der Waals surface area (Å²) >= 11 is 0. The largest absolute Gasteiger partial charge is 0.335 e. The summed E-state index contributed by atoms with van der Waals surface area (Å²) in [7, 11) is 0. The maximum Gasteiger partial charge on any atom is 0.263 e. The van der Waals surface area contributed by atoms with Gasteiger partial charge in [0.1, 0.15) is 0 Å². The number of ketones is 1. The zero-order valence-electron chi connectivity index (χ0n) is 14.1. The van der Waals surface area contributed by atoms with Gasteiger partial charge in [0.2, 0.25) is 0 Å². The number of benzene rings is 2. The van der Waals surface area contributed by atoms with Gasteiger partial charge >= 0.3 is 0 Å². The molecule has 120 valence electrons. The number of carbonyl (C=O) groups is 1. The number of hydrogen-bond donors (Lipinski definition) is 2. The molecule has 0 aliphatic carbocycles. The number of aromatic nitrogens is 4. The van der Waals surface area contributed by atoms with Crippen molar-refractivity contribution in [3.05, 3.63) is 58.2 Å². The highest BCUT2D eigenvalue weighted by Crippen LogP contribution is 2.22. The van der Waals surface area contributed by atoms with Crippen LogP contribution in [0.25, 0.3) is 22.1 Å². The van der Waals surface area contributed by atoms with E-state index in [2.05, 4.69) is 19.9 Å². The number of carbonyl (C=O) groups excluding carboxylic acids is 1. The first-order valence-electron chi connectivity index (χ1n) is 7.92. The van der Waals surface area contributed by atoms with Crippen LogP contribution in [0.1, 0.15) is 38.7 Å². The normalized spacial score (nSPS) is 11.5. The van der Waals surface area contributed by atoms with Crippen molar-refractivity contribution in [3.8, 4) is 0 Å². The van der Waals surface area contributed by atoms with Crippen molar-refractivity contribution in [1.82, 2.24) is 19.9 Å². The summed E-state index contributed by atoms with van der Waals surface area (Å²) < 4.78 is 0. The van der Waals surface area contributed by atoms with Gasteiger partial charge in [-0.3, -0.25) is 4.79 Å². The molecule has 5 nitrogen and oxygen atoms in total. The number of nitrogens with zero attached hydrogens (tertiary/aromatic N) is 2. The lowest BCUT2D eigenvalue weighted by molar-refractivity contribution is 0.102. The molecule has 2 aromatic heterocycles. The fourth-order valence-electron chi connectivity index (χ4n) is 2.95. The van der Waals surface area contributed by atoms with Gasteiger partial charge in [-0.2, -0.15) is 0 Å². The van der Waals surface area contributed by atoms with E-state index in [0.29, 0.717) is 11.6 Å². The van der Waals surface area contributed by atoms with E-state index in [9.17, 15) is 4.79 Å². The molecule has 0 aliphatic heterocycles. The first-order chi connectivity index (χ1) is 11.5. The summed E-state index contributed by atoms with van der Waals surface area (Å²) in [6.45, 7) is 8.10. The van der Waals surface area contributed by atoms with Gasteiger partial charge in [0.15, 0.2) is 11.6 Å². The number of rotatable bonds is 2. The first-order valence-corrected chi connectivity index (χ1v) is 7.92. The highest BCUT2D eigenvalue weighted by Gasteiger charge is 2.19. The third kappa shape index (κ3) is 2.05. The summed E-state index contributed by atoms with van der Waals surface area (Å²) in [6, 6.07) is 7.95. The first kappa shape index (κ1) is 14.6. The van der Waals surface area contributed by atoms with Gasteiger partial charge in [0.05, 0.1) is 22.1 Å². The highest BCUT2D eigenvalue weighted by atomic mass is 16.1. The van der Waals surface area contributed by atoms with E-state index in [1.165, 1.54) is 0 Å². The van der Waals surface area contributed by atoms with Crippen molar-refractivity contribution in [2.75, 3.05) is 0 Å². The van der Waals surface area contributed by atoms with Crippen molar-refractivity contribution in [3.63, 3.8) is 0 Å². The number of nitrogens with one attached hydrogen (secondary N) is 2. The van der Waals surface area contributed by atoms with Crippen molar-refractivity contribution >= 4 is 27.9 Å². The van der Waals surface area contributed by atoms with Gasteiger partial charge in [-0.1, -0.05) is 12.1 Å². The Morgan fingerprint density at radius 2 is 1.17 bits per heavy atom. The molecule has 0 fully saturated rings. The van der Waals surface area contributed by atoms with Crippen molar-refractivity contribution in [2.45, 2.75) is 27.7 Å². The fourth-order valence-corrected chi connectivity index (χ4v) is 2.95. The second kappa shape index (κ2) is 5.03. The van der Waals surface area contributed by atoms with Crippen LogP contribution < -0.4 is 0 Å². The molecule has 2 N–H and O–H groups in total. The zero-order chi connectivity index (χ0) is 17.0. The Balaban J connectivity index is 1.84. The minimum absolute atomic E-state index is 0.225. The van der Waals surface area contributed by atoms with Crippen LogP contribution in [-0.4, -0.2) is 25.7 Å². The van der Waals surface area contributed by atoms with Crippen molar-refractivity contribution < 1.29 is 4.79 Å². The molecule has 0 spiro atoms. The lowest BCUT2D eigenvalue weighted by Gasteiger charge is -1.98. The highest BCUT2D eigenvalue weighted by molar-refractivity contribution is 6.07. The maximum absolute atomic E-state index is 12.8. The van der Waals surface area contributed by atoms with E-state index in [0.717, 1.165) is 44.3 Å². The smallest absolute Gasteiger partial charge is 0.263 e. The van der Waals surface area contributed by atoms with Gasteiger partial charge in [-0.25, -0.2) is 9.97 Å². The SMILES string of the molecule is Cc1ccc2[nH]c(C(=O)c3nc4c(C)c(C)ccc4[nH]3)nc2c1C. The Bertz CT molecular complexity index is 1030. The molecule has 0 aliphatic rings. The molecular weight excluding hydrogens is 300 g/mol. The van der Waals surface area contributed by atoms with Gasteiger partial charge in [-0.05, 0) is 62.1 Å². The second-order valence-electron chi connectivity index (χ2n) is 6.31. The standard InChI is InChI=1S/C19H18N4O/c1-9-5-7-13-15(11(9)3)22-18(20-13)17(24)19-21-14-8-6-10(2)12(4)16(14)23-19/h5-8H,1-4H3,(H,20,22)(H,21,23). The fraction of sp³-hybridized carbons (Fsp3) is 0.211. The van der Waals surface area contributed by atoms with E-state index < -0.39 is 0 Å². The second-order valence-corrected chi connectivity index (χ2v) is 6.31. The Morgan fingerprint density at radius 1 is 0.750 bits per heavy atom. The third-order valence-electron chi connectivity index (χ3n) is 4.79. The monoisotopic (exact) mass is 318 g/mol. The molecule has 4 aromatic rings. The Hall–Kier alpha value is -2.95. The van der Waals surface area contributed by atoms with E-state index >= 15 is 0 Å². The Kier molecular flexibility index (Phi) is 3.06. The van der Waals surface area contributed by atoms with Crippen LogP contribution in [0.4, 0.5) is 0 Å². The molecule has 5 heteroatoms. The molecular formula is C19H18N4O. The molecule has 0 bridgehead atoms. The summed E-state index contributed by atoms with van der Waals surface area (Å²) in [5.74, 6) is 0.399. The van der Waals surface area contributed by atoms with Crippen molar-refractivity contribution in [2.24, 2.45) is 0 Å². The number of aromatic amines is 2. The Morgan fingerprint density at radius 3 is 1.58 bits per heavy atom. The number of aryl methyl sites for hydroxylation is 4. The van der Waals surface area contributed by atoms with Crippen LogP contribution in [0.15, 0.2) is 24.3 Å². The van der Waals surface area contributed by atoms with E-state index in [-0.39, 0.29) is 5.78 Å². The minimum Gasteiger partial charge on any atom is -0.335 e. The lowest BCUT2D eigenvalue weighted by Crippen LogP contribution is -2.05. The van der Waals surface area contributed by atoms with E-state index in [1.54, 1.807) is 0 Å². The topological polar surface area (TPSA) is 74.4 Å². The lowest BCUT2D eigenvalue weighted by atomic mass is 10.1. The molecule has 0 radical (unpaired) electrons. The van der Waals surface area contributed by atoms with Gasteiger partial charge in [0, 0.05) is 0 Å². The number of H-pyrrole nitrogens is 2. The predicted molar refractivity (Wildman–Crippen MR) is 94.6 cm³/mol. The molecule has 0 unspecified atom stereocenters. The van der Waals surface area contributed by atoms with Crippen LogP contribution in [-0.2, 0) is 0 Å². The molecule has 4 rings (SSSR count). The molecule has 24 heavy (non-hydrogen) atoms. The van der Waals surface area contributed by atoms with Crippen LogP contribution in [0.3, 0.4) is 0 Å². The van der Waals surface area contributed by atoms with Crippen LogP contribution in [0, 0.1) is 27.7 Å². The molecule has 0 saturated heterocycles. The summed E-state index contributed by atoms with van der Waals surface area (Å²) in [6.07, 6.45) is 0. The average Bonchev–Trinajstić information content (AvgIpc) is 3.19. The van der Waals surface area contributed by atoms with Crippen LogP contribution >= 0.6 is 0 Å². The summed E-state index contributed by atoms with van der Waals surface area (Å²) in [4.78, 5) is 28.0. The maximum atomic E-state index is 12.8. The van der Waals surface area contributed by atoms with Crippen LogP contribution in [0.2, 0.25) is 0 Å². The molecule has 0 amide bonds. The van der Waals surface area contributed by atoms with Gasteiger partial charge < -0.3 is 9.97 Å². The molecule has 0 saturated carbocycles. The average molecular weight is 318 g/mol. The molecule has 0 atom stereocenters. The quantitative estimate of drug-likeness (QED) is 0.550. The predicted octanol–water partition coefficient (Wildman–Crippen LogP) is 3.90. The number of hydrogen-bond acceptors (Lipinski definition) is 3. The van der Waals surface area contributed by atoms with Crippen molar-refractivity contribution in [1.29, 1.82) is 0 Å². The van der Waals surface area contributed by atoms with E-state index in [4.69, 9.17) is 0 Å². The molecule has 2 aromatic carbocycles. The minimum atomic E-state index is -0.225. The van der Waals surface area contributed by atoms with Crippen LogP contribution in [0.5, 0.6) is 0 Å². The molecule has 2 heterocycles. The summed E-state index contributed by atoms with van der Waals surface area (Å²) in [5, 5.41) is 0. The van der Waals surface area contributed by atoms with E-state index in [1.807, 2.05) is 52.0 Å². The van der Waals surface area contributed by atoms with Gasteiger partial charge in [0.25, 0.3) is 5.78 Å². The number of imidazole rings is 2. The number of fused-ring (bicyclic) bond motifs is 2. The third-order valence-corrected chi connectivity index (χ3v) is 4.79.